The Morgan fingerprint density at radius 3 is 2.48 bits per heavy atom. The summed E-state index contributed by atoms with van der Waals surface area (Å²) in [5.41, 5.74) is 1.68. The van der Waals surface area contributed by atoms with Gasteiger partial charge >= 0.3 is 5.97 Å². The molecule has 0 atom stereocenters. The maximum Gasteiger partial charge on any atom is 0.343 e. The van der Waals surface area contributed by atoms with Crippen molar-refractivity contribution < 1.29 is 9.53 Å². The number of ether oxygens (including phenoxy) is 1. The number of hydrogen-bond acceptors (Lipinski definition) is 3. The van der Waals surface area contributed by atoms with Crippen molar-refractivity contribution >= 4 is 16.9 Å². The van der Waals surface area contributed by atoms with Gasteiger partial charge in [-0.05, 0) is 24.6 Å². The molecule has 3 aromatic rings. The zero-order valence-electron chi connectivity index (χ0n) is 12.9. The molecular formula is C19H17NO3. The van der Waals surface area contributed by atoms with Crippen LogP contribution in [0.25, 0.3) is 10.9 Å². The zero-order valence-corrected chi connectivity index (χ0v) is 12.9. The third-order valence-electron chi connectivity index (χ3n) is 3.68. The Hall–Kier alpha value is -2.88. The number of aromatic nitrogens is 1. The Balaban J connectivity index is 2.17. The van der Waals surface area contributed by atoms with Gasteiger partial charge in [-0.2, -0.15) is 0 Å². The van der Waals surface area contributed by atoms with Crippen molar-refractivity contribution in [2.45, 2.75) is 13.5 Å². The molecule has 4 heteroatoms. The van der Waals surface area contributed by atoms with E-state index in [4.69, 9.17) is 4.74 Å². The lowest BCUT2D eigenvalue weighted by Crippen LogP contribution is -2.21. The lowest BCUT2D eigenvalue weighted by atomic mass is 10.1. The highest BCUT2D eigenvalue weighted by atomic mass is 16.5. The molecule has 0 spiro atoms. The summed E-state index contributed by atoms with van der Waals surface area (Å²) in [7, 11) is 0. The predicted octanol–water partition coefficient (Wildman–Crippen LogP) is 3.23. The molecule has 0 saturated heterocycles. The molecule has 0 N–H and O–H groups in total. The molecule has 116 valence electrons. The number of rotatable bonds is 4. The summed E-state index contributed by atoms with van der Waals surface area (Å²) in [4.78, 5) is 24.6. The van der Waals surface area contributed by atoms with E-state index in [9.17, 15) is 9.59 Å². The summed E-state index contributed by atoms with van der Waals surface area (Å²) in [5.74, 6) is -0.579. The molecule has 4 nitrogen and oxygen atoms in total. The summed E-state index contributed by atoms with van der Waals surface area (Å²) in [5, 5.41) is 0.522. The Labute approximate surface area is 133 Å². The largest absolute Gasteiger partial charge is 0.462 e. The molecule has 0 unspecified atom stereocenters. The van der Waals surface area contributed by atoms with Gasteiger partial charge in [0.2, 0.25) is 5.43 Å². The van der Waals surface area contributed by atoms with Crippen molar-refractivity contribution in [3.63, 3.8) is 0 Å². The number of pyridine rings is 1. The van der Waals surface area contributed by atoms with Gasteiger partial charge in [-0.3, -0.25) is 4.79 Å². The number of carbonyl (C=O) groups is 1. The van der Waals surface area contributed by atoms with E-state index < -0.39 is 5.97 Å². The smallest absolute Gasteiger partial charge is 0.343 e. The maximum atomic E-state index is 12.5. The van der Waals surface area contributed by atoms with Crippen molar-refractivity contribution in [3.8, 4) is 0 Å². The van der Waals surface area contributed by atoms with Crippen LogP contribution in [0.2, 0.25) is 0 Å². The third kappa shape index (κ3) is 3.01. The van der Waals surface area contributed by atoms with Gasteiger partial charge in [-0.15, -0.1) is 0 Å². The number of hydrogen-bond donors (Lipinski definition) is 0. The Morgan fingerprint density at radius 1 is 1.04 bits per heavy atom. The lowest BCUT2D eigenvalue weighted by molar-refractivity contribution is 0.0524. The predicted molar refractivity (Wildman–Crippen MR) is 89.7 cm³/mol. The van der Waals surface area contributed by atoms with Crippen LogP contribution in [0.4, 0.5) is 0 Å². The molecule has 0 fully saturated rings. The first kappa shape index (κ1) is 15.0. The van der Waals surface area contributed by atoms with Crippen LogP contribution in [-0.4, -0.2) is 17.1 Å². The molecule has 0 aliphatic rings. The van der Waals surface area contributed by atoms with Gasteiger partial charge in [-0.25, -0.2) is 4.79 Å². The average molecular weight is 307 g/mol. The van der Waals surface area contributed by atoms with E-state index in [0.717, 1.165) is 11.1 Å². The van der Waals surface area contributed by atoms with E-state index in [2.05, 4.69) is 0 Å². The van der Waals surface area contributed by atoms with Crippen LogP contribution in [0.3, 0.4) is 0 Å². The Morgan fingerprint density at radius 2 is 1.74 bits per heavy atom. The van der Waals surface area contributed by atoms with Crippen LogP contribution in [0.5, 0.6) is 0 Å². The van der Waals surface area contributed by atoms with Gasteiger partial charge in [-0.1, -0.05) is 42.5 Å². The van der Waals surface area contributed by atoms with Gasteiger partial charge in [0, 0.05) is 18.1 Å². The molecule has 23 heavy (non-hydrogen) atoms. The molecule has 3 rings (SSSR count). The minimum absolute atomic E-state index is 0.0708. The van der Waals surface area contributed by atoms with E-state index in [-0.39, 0.29) is 17.6 Å². The molecule has 1 aromatic heterocycles. The van der Waals surface area contributed by atoms with Gasteiger partial charge in [0.05, 0.1) is 12.1 Å². The number of nitrogens with zero attached hydrogens (tertiary/aromatic N) is 1. The number of carbonyl (C=O) groups excluding carboxylic acids is 1. The number of para-hydroxylation sites is 1. The fraction of sp³-hybridized carbons (Fsp3) is 0.158. The highest BCUT2D eigenvalue weighted by molar-refractivity contribution is 5.93. The van der Waals surface area contributed by atoms with Crippen LogP contribution >= 0.6 is 0 Å². The second kappa shape index (κ2) is 6.48. The van der Waals surface area contributed by atoms with Crippen LogP contribution in [0, 0.1) is 0 Å². The first-order chi connectivity index (χ1) is 11.2. The molecule has 0 bridgehead atoms. The second-order valence-electron chi connectivity index (χ2n) is 5.22. The minimum Gasteiger partial charge on any atom is -0.462 e. The Kier molecular flexibility index (Phi) is 4.24. The fourth-order valence-electron chi connectivity index (χ4n) is 2.61. The zero-order chi connectivity index (χ0) is 16.2. The first-order valence-corrected chi connectivity index (χ1v) is 7.54. The fourth-order valence-corrected chi connectivity index (χ4v) is 2.61. The topological polar surface area (TPSA) is 48.3 Å². The highest BCUT2D eigenvalue weighted by Crippen LogP contribution is 2.14. The highest BCUT2D eigenvalue weighted by Gasteiger charge is 2.16. The van der Waals surface area contributed by atoms with Crippen molar-refractivity contribution in [1.29, 1.82) is 0 Å². The molecule has 0 saturated carbocycles. The maximum absolute atomic E-state index is 12.5. The van der Waals surface area contributed by atoms with Crippen LogP contribution < -0.4 is 5.43 Å². The van der Waals surface area contributed by atoms with Crippen molar-refractivity contribution in [2.75, 3.05) is 6.61 Å². The van der Waals surface area contributed by atoms with Crippen LogP contribution in [-0.2, 0) is 11.3 Å². The van der Waals surface area contributed by atoms with Crippen LogP contribution in [0.15, 0.2) is 65.6 Å². The molecule has 0 aliphatic heterocycles. The summed E-state index contributed by atoms with van der Waals surface area (Å²) < 4.78 is 6.93. The molecular weight excluding hydrogens is 290 g/mol. The summed E-state index contributed by atoms with van der Waals surface area (Å²) >= 11 is 0. The van der Waals surface area contributed by atoms with E-state index in [0.29, 0.717) is 11.9 Å². The number of benzene rings is 2. The third-order valence-corrected chi connectivity index (χ3v) is 3.68. The number of esters is 1. The van der Waals surface area contributed by atoms with Gasteiger partial charge in [0.1, 0.15) is 5.56 Å². The summed E-state index contributed by atoms with van der Waals surface area (Å²) in [6.45, 7) is 2.54. The monoisotopic (exact) mass is 307 g/mol. The lowest BCUT2D eigenvalue weighted by Gasteiger charge is -2.13. The van der Waals surface area contributed by atoms with E-state index in [1.165, 1.54) is 0 Å². The minimum atomic E-state index is -0.579. The quantitative estimate of drug-likeness (QED) is 0.695. The second-order valence-corrected chi connectivity index (χ2v) is 5.22. The van der Waals surface area contributed by atoms with Crippen molar-refractivity contribution in [3.05, 3.63) is 82.1 Å². The molecule has 0 radical (unpaired) electrons. The molecule has 2 aromatic carbocycles. The van der Waals surface area contributed by atoms with Gasteiger partial charge in [0.25, 0.3) is 0 Å². The molecule has 1 heterocycles. The SMILES string of the molecule is CCOC(=O)c1cn(Cc2ccccc2)c2ccccc2c1=O. The summed E-state index contributed by atoms with van der Waals surface area (Å²) in [6.07, 6.45) is 1.59. The average Bonchev–Trinajstić information content (AvgIpc) is 2.58. The van der Waals surface area contributed by atoms with Gasteiger partial charge < -0.3 is 9.30 Å². The van der Waals surface area contributed by atoms with E-state index >= 15 is 0 Å². The van der Waals surface area contributed by atoms with Crippen molar-refractivity contribution in [2.24, 2.45) is 0 Å². The Bertz CT molecular complexity index is 897. The van der Waals surface area contributed by atoms with E-state index in [1.807, 2.05) is 47.0 Å². The van der Waals surface area contributed by atoms with E-state index in [1.54, 1.807) is 25.3 Å². The first-order valence-electron chi connectivity index (χ1n) is 7.54. The van der Waals surface area contributed by atoms with Gasteiger partial charge in [0.15, 0.2) is 0 Å². The molecule has 0 aliphatic carbocycles. The van der Waals surface area contributed by atoms with Crippen LogP contribution in [0.1, 0.15) is 22.8 Å². The molecule has 0 amide bonds. The normalized spacial score (nSPS) is 10.7. The number of fused-ring (bicyclic) bond motifs is 1. The van der Waals surface area contributed by atoms with Crippen molar-refractivity contribution in [1.82, 2.24) is 4.57 Å². The standard InChI is InChI=1S/C19H17NO3/c1-2-23-19(22)16-13-20(12-14-8-4-3-5-9-14)17-11-7-6-10-15(17)18(16)21/h3-11,13H,2,12H2,1H3. The summed E-state index contributed by atoms with van der Waals surface area (Å²) in [6, 6.07) is 17.2.